The summed E-state index contributed by atoms with van der Waals surface area (Å²) in [6.45, 7) is 8.99. The van der Waals surface area contributed by atoms with Crippen molar-refractivity contribution in [1.29, 1.82) is 0 Å². The largest absolute Gasteiger partial charge is 0.396 e. The van der Waals surface area contributed by atoms with Gasteiger partial charge < -0.3 is 10.8 Å². The number of aliphatic hydroxyl groups excluding tert-OH is 1. The zero-order valence-corrected chi connectivity index (χ0v) is 10.2. The molecule has 0 aromatic rings. The van der Waals surface area contributed by atoms with E-state index in [9.17, 15) is 0 Å². The fourth-order valence-electron chi connectivity index (χ4n) is 2.22. The van der Waals surface area contributed by atoms with E-state index in [1.165, 1.54) is 6.42 Å². The Kier molecular flexibility index (Phi) is 6.38. The standard InChI is InChI=1S/C12H27NO/c1-5-10(3)9-12(6-2,7-8-14)11(4)13/h10-11,14H,5-9,13H2,1-4H3. The summed E-state index contributed by atoms with van der Waals surface area (Å²) >= 11 is 0. The molecule has 14 heavy (non-hydrogen) atoms. The summed E-state index contributed by atoms with van der Waals surface area (Å²) in [6, 6.07) is 0.175. The van der Waals surface area contributed by atoms with Crippen molar-refractivity contribution in [2.75, 3.05) is 6.61 Å². The lowest BCUT2D eigenvalue weighted by Gasteiger charge is -2.38. The molecule has 3 atom stereocenters. The first kappa shape index (κ1) is 13.9. The summed E-state index contributed by atoms with van der Waals surface area (Å²) in [4.78, 5) is 0. The Bertz CT molecular complexity index is 147. The van der Waals surface area contributed by atoms with Crippen LogP contribution in [-0.2, 0) is 0 Å². The molecular weight excluding hydrogens is 174 g/mol. The van der Waals surface area contributed by atoms with Crippen LogP contribution < -0.4 is 5.73 Å². The molecule has 0 aromatic heterocycles. The number of aliphatic hydroxyl groups is 1. The van der Waals surface area contributed by atoms with Crippen LogP contribution in [0.15, 0.2) is 0 Å². The highest BCUT2D eigenvalue weighted by atomic mass is 16.3. The van der Waals surface area contributed by atoms with Crippen LogP contribution in [0.2, 0.25) is 0 Å². The summed E-state index contributed by atoms with van der Waals surface area (Å²) in [5.41, 5.74) is 6.20. The molecule has 2 heteroatoms. The Morgan fingerprint density at radius 1 is 1.29 bits per heavy atom. The Hall–Kier alpha value is -0.0800. The minimum Gasteiger partial charge on any atom is -0.396 e. The Morgan fingerprint density at radius 3 is 2.14 bits per heavy atom. The fourth-order valence-corrected chi connectivity index (χ4v) is 2.22. The Labute approximate surface area is 88.9 Å². The maximum atomic E-state index is 9.11. The molecule has 3 unspecified atom stereocenters. The zero-order valence-electron chi connectivity index (χ0n) is 10.2. The highest BCUT2D eigenvalue weighted by molar-refractivity contribution is 4.86. The van der Waals surface area contributed by atoms with Gasteiger partial charge in [-0.15, -0.1) is 0 Å². The van der Waals surface area contributed by atoms with E-state index >= 15 is 0 Å². The maximum Gasteiger partial charge on any atom is 0.0436 e. The second-order valence-electron chi connectivity index (χ2n) is 4.70. The zero-order chi connectivity index (χ0) is 11.2. The van der Waals surface area contributed by atoms with Gasteiger partial charge >= 0.3 is 0 Å². The minimum absolute atomic E-state index is 0.143. The Balaban J connectivity index is 4.48. The van der Waals surface area contributed by atoms with Crippen molar-refractivity contribution in [3.8, 4) is 0 Å². The average molecular weight is 201 g/mol. The van der Waals surface area contributed by atoms with Crippen LogP contribution in [0.5, 0.6) is 0 Å². The molecule has 0 radical (unpaired) electrons. The first-order valence-corrected chi connectivity index (χ1v) is 5.88. The molecule has 0 saturated heterocycles. The number of hydrogen-bond donors (Lipinski definition) is 2. The van der Waals surface area contributed by atoms with E-state index in [1.54, 1.807) is 0 Å². The van der Waals surface area contributed by atoms with Gasteiger partial charge in [0, 0.05) is 12.6 Å². The first-order valence-electron chi connectivity index (χ1n) is 5.88. The maximum absolute atomic E-state index is 9.11. The van der Waals surface area contributed by atoms with E-state index in [-0.39, 0.29) is 18.1 Å². The molecular formula is C12H27NO. The van der Waals surface area contributed by atoms with Crippen LogP contribution in [-0.4, -0.2) is 17.8 Å². The van der Waals surface area contributed by atoms with E-state index < -0.39 is 0 Å². The van der Waals surface area contributed by atoms with Gasteiger partial charge in [0.15, 0.2) is 0 Å². The van der Waals surface area contributed by atoms with Crippen molar-refractivity contribution >= 4 is 0 Å². The lowest BCUT2D eigenvalue weighted by atomic mass is 9.70. The van der Waals surface area contributed by atoms with Gasteiger partial charge in [-0.3, -0.25) is 0 Å². The summed E-state index contributed by atoms with van der Waals surface area (Å²) in [6.07, 6.45) is 4.24. The first-order chi connectivity index (χ1) is 6.52. The van der Waals surface area contributed by atoms with Gasteiger partial charge in [-0.05, 0) is 37.5 Å². The van der Waals surface area contributed by atoms with Crippen molar-refractivity contribution in [3.63, 3.8) is 0 Å². The topological polar surface area (TPSA) is 46.2 Å². The molecule has 0 heterocycles. The fraction of sp³-hybridized carbons (Fsp3) is 1.00. The highest BCUT2D eigenvalue weighted by Crippen LogP contribution is 2.37. The van der Waals surface area contributed by atoms with Gasteiger partial charge in [-0.25, -0.2) is 0 Å². The molecule has 0 aliphatic heterocycles. The summed E-state index contributed by atoms with van der Waals surface area (Å²) in [5, 5.41) is 9.11. The smallest absolute Gasteiger partial charge is 0.0436 e. The summed E-state index contributed by atoms with van der Waals surface area (Å²) in [7, 11) is 0. The van der Waals surface area contributed by atoms with Crippen LogP contribution in [0.3, 0.4) is 0 Å². The molecule has 2 nitrogen and oxygen atoms in total. The van der Waals surface area contributed by atoms with Crippen LogP contribution in [0.1, 0.15) is 53.4 Å². The van der Waals surface area contributed by atoms with E-state index in [1.807, 2.05) is 0 Å². The normalized spacial score (nSPS) is 20.1. The van der Waals surface area contributed by atoms with Crippen LogP contribution >= 0.6 is 0 Å². The predicted octanol–water partition coefficient (Wildman–Crippen LogP) is 2.55. The molecule has 0 bridgehead atoms. The molecule has 0 aliphatic carbocycles. The second kappa shape index (κ2) is 6.41. The van der Waals surface area contributed by atoms with Crippen molar-refractivity contribution in [3.05, 3.63) is 0 Å². The van der Waals surface area contributed by atoms with E-state index in [0.29, 0.717) is 5.92 Å². The number of rotatable bonds is 7. The average Bonchev–Trinajstić information content (AvgIpc) is 2.16. The monoisotopic (exact) mass is 201 g/mol. The van der Waals surface area contributed by atoms with Crippen LogP contribution in [0.25, 0.3) is 0 Å². The van der Waals surface area contributed by atoms with E-state index in [2.05, 4.69) is 27.7 Å². The lowest BCUT2D eigenvalue weighted by molar-refractivity contribution is 0.116. The van der Waals surface area contributed by atoms with Gasteiger partial charge in [0.2, 0.25) is 0 Å². The SMILES string of the molecule is CCC(C)CC(CC)(CCO)C(C)N. The lowest BCUT2D eigenvalue weighted by Crippen LogP contribution is -2.41. The highest BCUT2D eigenvalue weighted by Gasteiger charge is 2.32. The molecule has 0 aliphatic rings. The number of hydrogen-bond acceptors (Lipinski definition) is 2. The van der Waals surface area contributed by atoms with Gasteiger partial charge in [0.05, 0.1) is 0 Å². The third-order valence-corrected chi connectivity index (χ3v) is 3.73. The quantitative estimate of drug-likeness (QED) is 0.665. The van der Waals surface area contributed by atoms with E-state index in [0.717, 1.165) is 19.3 Å². The third kappa shape index (κ3) is 3.58. The van der Waals surface area contributed by atoms with Gasteiger partial charge in [0.1, 0.15) is 0 Å². The van der Waals surface area contributed by atoms with Gasteiger partial charge in [-0.2, -0.15) is 0 Å². The molecule has 0 rings (SSSR count). The van der Waals surface area contributed by atoms with Crippen molar-refractivity contribution in [2.45, 2.75) is 59.4 Å². The molecule has 0 fully saturated rings. The molecule has 0 aromatic carbocycles. The van der Waals surface area contributed by atoms with Gasteiger partial charge in [-0.1, -0.05) is 27.2 Å². The van der Waals surface area contributed by atoms with Crippen molar-refractivity contribution in [2.24, 2.45) is 17.1 Å². The van der Waals surface area contributed by atoms with Crippen LogP contribution in [0, 0.1) is 11.3 Å². The summed E-state index contributed by atoms with van der Waals surface area (Å²) in [5.74, 6) is 0.701. The molecule has 0 amide bonds. The summed E-state index contributed by atoms with van der Waals surface area (Å²) < 4.78 is 0. The van der Waals surface area contributed by atoms with Crippen LogP contribution in [0.4, 0.5) is 0 Å². The molecule has 0 spiro atoms. The number of nitrogens with two attached hydrogens (primary N) is 1. The van der Waals surface area contributed by atoms with Crippen molar-refractivity contribution in [1.82, 2.24) is 0 Å². The minimum atomic E-state index is 0.143. The molecule has 3 N–H and O–H groups in total. The molecule has 86 valence electrons. The predicted molar refractivity (Wildman–Crippen MR) is 62.1 cm³/mol. The van der Waals surface area contributed by atoms with E-state index in [4.69, 9.17) is 10.8 Å². The van der Waals surface area contributed by atoms with Gasteiger partial charge in [0.25, 0.3) is 0 Å². The van der Waals surface area contributed by atoms with Crippen molar-refractivity contribution < 1.29 is 5.11 Å². The third-order valence-electron chi connectivity index (χ3n) is 3.73. The Morgan fingerprint density at radius 2 is 1.86 bits per heavy atom. The second-order valence-corrected chi connectivity index (χ2v) is 4.70. The molecule has 0 saturated carbocycles.